The van der Waals surface area contributed by atoms with Crippen LogP contribution in [-0.4, -0.2) is 38.6 Å². The summed E-state index contributed by atoms with van der Waals surface area (Å²) in [5.41, 5.74) is 1.02. The molecule has 18 heavy (non-hydrogen) atoms. The number of aliphatic hydroxyl groups excluding tert-OH is 1. The largest absolute Gasteiger partial charge is 0.396 e. The maximum Gasteiger partial charge on any atom is 0.238 e. The number of hydrogen-bond acceptors (Lipinski definition) is 4. The van der Waals surface area contributed by atoms with Crippen LogP contribution < -0.4 is 5.14 Å². The summed E-state index contributed by atoms with van der Waals surface area (Å²) in [5, 5.41) is 13.8. The topological polar surface area (TPSA) is 83.6 Å². The van der Waals surface area contributed by atoms with E-state index < -0.39 is 10.0 Å². The van der Waals surface area contributed by atoms with Crippen molar-refractivity contribution in [3.8, 4) is 0 Å². The van der Waals surface area contributed by atoms with Crippen molar-refractivity contribution in [1.29, 1.82) is 0 Å². The van der Waals surface area contributed by atoms with E-state index in [1.807, 2.05) is 14.0 Å². The van der Waals surface area contributed by atoms with Crippen LogP contribution in [0.2, 0.25) is 0 Å². The molecule has 3 N–H and O–H groups in total. The molecule has 0 aliphatic heterocycles. The minimum atomic E-state index is -3.63. The maximum atomic E-state index is 11.1. The van der Waals surface area contributed by atoms with E-state index >= 15 is 0 Å². The SMILES string of the molecule is CC(c1ccc(S(N)(=O)=O)cc1)N(C)CCCO. The highest BCUT2D eigenvalue weighted by Gasteiger charge is 2.13. The van der Waals surface area contributed by atoms with Gasteiger partial charge in [-0.2, -0.15) is 0 Å². The van der Waals surface area contributed by atoms with E-state index in [0.717, 1.165) is 18.5 Å². The molecule has 0 aliphatic rings. The third-order valence-corrected chi connectivity index (χ3v) is 3.95. The molecule has 0 fully saturated rings. The summed E-state index contributed by atoms with van der Waals surface area (Å²) in [6, 6.07) is 6.72. The molecule has 0 saturated heterocycles. The number of nitrogens with two attached hydrogens (primary N) is 1. The van der Waals surface area contributed by atoms with Gasteiger partial charge in [0.1, 0.15) is 0 Å². The van der Waals surface area contributed by atoms with Crippen LogP contribution in [0.5, 0.6) is 0 Å². The lowest BCUT2D eigenvalue weighted by Gasteiger charge is -2.24. The molecule has 0 spiro atoms. The lowest BCUT2D eigenvalue weighted by Crippen LogP contribution is -2.24. The Morgan fingerprint density at radius 1 is 1.33 bits per heavy atom. The van der Waals surface area contributed by atoms with Gasteiger partial charge in [-0.25, -0.2) is 13.6 Å². The van der Waals surface area contributed by atoms with Gasteiger partial charge in [-0.1, -0.05) is 12.1 Å². The zero-order chi connectivity index (χ0) is 13.8. The summed E-state index contributed by atoms with van der Waals surface area (Å²) < 4.78 is 22.3. The first-order chi connectivity index (χ1) is 8.36. The molecule has 0 aromatic heterocycles. The molecule has 1 atom stereocenters. The normalized spacial score (nSPS) is 13.8. The Labute approximate surface area is 108 Å². The number of benzene rings is 1. The predicted molar refractivity (Wildman–Crippen MR) is 70.6 cm³/mol. The first-order valence-electron chi connectivity index (χ1n) is 5.80. The summed E-state index contributed by atoms with van der Waals surface area (Å²) in [6.07, 6.45) is 0.718. The number of sulfonamides is 1. The van der Waals surface area contributed by atoms with Crippen LogP contribution in [0.4, 0.5) is 0 Å². The molecule has 5 nitrogen and oxygen atoms in total. The smallest absolute Gasteiger partial charge is 0.238 e. The highest BCUT2D eigenvalue weighted by molar-refractivity contribution is 7.89. The molecule has 6 heteroatoms. The first-order valence-corrected chi connectivity index (χ1v) is 7.34. The van der Waals surface area contributed by atoms with Crippen LogP contribution >= 0.6 is 0 Å². The fraction of sp³-hybridized carbons (Fsp3) is 0.500. The van der Waals surface area contributed by atoms with Gasteiger partial charge in [-0.3, -0.25) is 4.90 Å². The summed E-state index contributed by atoms with van der Waals surface area (Å²) >= 11 is 0. The molecule has 0 bridgehead atoms. The third-order valence-electron chi connectivity index (χ3n) is 3.02. The molecule has 0 radical (unpaired) electrons. The molecule has 1 unspecified atom stereocenters. The predicted octanol–water partition coefficient (Wildman–Crippen LogP) is 0.709. The maximum absolute atomic E-state index is 11.1. The summed E-state index contributed by atoms with van der Waals surface area (Å²) in [7, 11) is -1.66. The molecule has 1 aromatic carbocycles. The minimum absolute atomic E-state index is 0.122. The quantitative estimate of drug-likeness (QED) is 0.799. The summed E-state index contributed by atoms with van der Waals surface area (Å²) in [5.74, 6) is 0. The second-order valence-corrected chi connectivity index (χ2v) is 5.91. The van der Waals surface area contributed by atoms with Crippen molar-refractivity contribution in [3.63, 3.8) is 0 Å². The van der Waals surface area contributed by atoms with E-state index in [9.17, 15) is 8.42 Å². The molecule has 1 rings (SSSR count). The van der Waals surface area contributed by atoms with E-state index in [0.29, 0.717) is 0 Å². The number of nitrogens with zero attached hydrogens (tertiary/aromatic N) is 1. The van der Waals surface area contributed by atoms with Crippen molar-refractivity contribution in [1.82, 2.24) is 4.90 Å². The monoisotopic (exact) mass is 272 g/mol. The van der Waals surface area contributed by atoms with Crippen LogP contribution in [-0.2, 0) is 10.0 Å². The Balaban J connectivity index is 2.79. The van der Waals surface area contributed by atoms with Crippen LogP contribution in [0.25, 0.3) is 0 Å². The average Bonchev–Trinajstić information content (AvgIpc) is 2.34. The highest BCUT2D eigenvalue weighted by Crippen LogP contribution is 2.20. The fourth-order valence-electron chi connectivity index (χ4n) is 1.70. The van der Waals surface area contributed by atoms with Gasteiger partial charge >= 0.3 is 0 Å². The first kappa shape index (κ1) is 15.1. The fourth-order valence-corrected chi connectivity index (χ4v) is 2.22. The van der Waals surface area contributed by atoms with Crippen molar-refractivity contribution in [2.75, 3.05) is 20.2 Å². The number of primary sulfonamides is 1. The van der Waals surface area contributed by atoms with Crippen molar-refractivity contribution >= 4 is 10.0 Å². The van der Waals surface area contributed by atoms with Gasteiger partial charge in [-0.05, 0) is 38.1 Å². The van der Waals surface area contributed by atoms with Gasteiger partial charge in [0.05, 0.1) is 4.90 Å². The van der Waals surface area contributed by atoms with Crippen LogP contribution in [0.1, 0.15) is 24.9 Å². The molecule has 0 saturated carbocycles. The Morgan fingerprint density at radius 3 is 2.33 bits per heavy atom. The summed E-state index contributed by atoms with van der Waals surface area (Å²) in [4.78, 5) is 2.22. The minimum Gasteiger partial charge on any atom is -0.396 e. The van der Waals surface area contributed by atoms with Gasteiger partial charge in [0.25, 0.3) is 0 Å². The van der Waals surface area contributed by atoms with E-state index in [1.54, 1.807) is 12.1 Å². The van der Waals surface area contributed by atoms with Gasteiger partial charge in [0, 0.05) is 19.2 Å². The average molecular weight is 272 g/mol. The Bertz CT molecular complexity index is 471. The Hall–Kier alpha value is -0.950. The lowest BCUT2D eigenvalue weighted by molar-refractivity contribution is 0.216. The van der Waals surface area contributed by atoms with Gasteiger partial charge in [0.15, 0.2) is 0 Å². The Morgan fingerprint density at radius 2 is 1.89 bits per heavy atom. The zero-order valence-electron chi connectivity index (χ0n) is 10.7. The van der Waals surface area contributed by atoms with Gasteiger partial charge in [-0.15, -0.1) is 0 Å². The molecular weight excluding hydrogens is 252 g/mol. The van der Waals surface area contributed by atoms with Gasteiger partial charge < -0.3 is 5.11 Å². The molecule has 0 aliphatic carbocycles. The number of aliphatic hydroxyl groups is 1. The van der Waals surface area contributed by atoms with E-state index in [-0.39, 0.29) is 17.5 Å². The van der Waals surface area contributed by atoms with Gasteiger partial charge in [0.2, 0.25) is 10.0 Å². The van der Waals surface area contributed by atoms with E-state index in [1.165, 1.54) is 12.1 Å². The summed E-state index contributed by atoms with van der Waals surface area (Å²) in [6.45, 7) is 2.99. The van der Waals surface area contributed by atoms with Crippen LogP contribution in [0.15, 0.2) is 29.2 Å². The van der Waals surface area contributed by atoms with Crippen molar-refractivity contribution in [2.45, 2.75) is 24.3 Å². The molecule has 0 heterocycles. The second kappa shape index (κ2) is 6.29. The van der Waals surface area contributed by atoms with Crippen LogP contribution in [0.3, 0.4) is 0 Å². The number of hydrogen-bond donors (Lipinski definition) is 2. The second-order valence-electron chi connectivity index (χ2n) is 4.35. The van der Waals surface area contributed by atoms with E-state index in [2.05, 4.69) is 4.90 Å². The van der Waals surface area contributed by atoms with Crippen molar-refractivity contribution in [2.24, 2.45) is 5.14 Å². The standard InChI is InChI=1S/C12H20N2O3S/c1-10(14(2)8-3-9-15)11-4-6-12(7-5-11)18(13,16)17/h4-7,10,15H,3,8-9H2,1-2H3,(H2,13,16,17). The Kier molecular flexibility index (Phi) is 5.28. The highest BCUT2D eigenvalue weighted by atomic mass is 32.2. The van der Waals surface area contributed by atoms with Crippen LogP contribution in [0, 0.1) is 0 Å². The molecule has 102 valence electrons. The van der Waals surface area contributed by atoms with Crippen molar-refractivity contribution < 1.29 is 13.5 Å². The van der Waals surface area contributed by atoms with Crippen molar-refractivity contribution in [3.05, 3.63) is 29.8 Å². The zero-order valence-corrected chi connectivity index (χ0v) is 11.5. The molecular formula is C12H20N2O3S. The number of rotatable bonds is 6. The molecule has 0 amide bonds. The third kappa shape index (κ3) is 4.06. The lowest BCUT2D eigenvalue weighted by atomic mass is 10.1. The molecule has 1 aromatic rings. The van der Waals surface area contributed by atoms with E-state index in [4.69, 9.17) is 10.2 Å².